The van der Waals surface area contributed by atoms with E-state index in [9.17, 15) is 0 Å². The number of hydrogen-bond donors (Lipinski definition) is 0. The van der Waals surface area contributed by atoms with E-state index in [1.165, 1.54) is 4.90 Å². The van der Waals surface area contributed by atoms with Crippen molar-refractivity contribution in [2.75, 3.05) is 16.8 Å². The summed E-state index contributed by atoms with van der Waals surface area (Å²) in [6.45, 7) is 0.895. The maximum absolute atomic E-state index is 8.00. The van der Waals surface area contributed by atoms with Crippen LogP contribution in [0, 0.1) is 20.7 Å². The maximum Gasteiger partial charge on any atom is 0.215 e. The summed E-state index contributed by atoms with van der Waals surface area (Å²) in [7, 11) is 1.82. The molecule has 0 aliphatic carbocycles. The maximum atomic E-state index is 8.00. The largest absolute Gasteiger partial charge is 0.352 e. The van der Waals surface area contributed by atoms with E-state index in [4.69, 9.17) is 8.22 Å². The van der Waals surface area contributed by atoms with Gasteiger partial charge < -0.3 is 9.80 Å². The summed E-state index contributed by atoms with van der Waals surface area (Å²) in [4.78, 5) is 7.80. The molecule has 0 saturated heterocycles. The van der Waals surface area contributed by atoms with E-state index < -0.39 is 20.0 Å². The number of anilines is 3. The number of aryl methyl sites for hydroxylation is 4. The average Bonchev–Trinajstić information content (AvgIpc) is 3.16. The third-order valence-corrected chi connectivity index (χ3v) is 4.74. The number of rotatable bonds is 1. The summed E-state index contributed by atoms with van der Waals surface area (Å²) in [5.41, 5.74) is 2.87. The number of para-hydroxylation sites is 2. The number of benzene rings is 1. The van der Waals surface area contributed by atoms with Crippen LogP contribution in [0.2, 0.25) is 0 Å². The van der Waals surface area contributed by atoms with Gasteiger partial charge in [-0.3, -0.25) is 8.97 Å². The highest BCUT2D eigenvalue weighted by Gasteiger charge is 2.34. The Hall–Kier alpha value is -2.43. The smallest absolute Gasteiger partial charge is 0.215 e. The molecule has 5 nitrogen and oxygen atoms in total. The van der Waals surface area contributed by atoms with Crippen molar-refractivity contribution in [2.45, 2.75) is 33.8 Å². The van der Waals surface area contributed by atoms with E-state index in [-0.39, 0.29) is 5.69 Å². The van der Waals surface area contributed by atoms with E-state index in [0.717, 1.165) is 17.2 Å². The van der Waals surface area contributed by atoms with Crippen LogP contribution in [0.4, 0.5) is 17.2 Å². The molecule has 0 fully saturated rings. The highest BCUT2D eigenvalue weighted by Crippen LogP contribution is 2.44. The molecule has 0 radical (unpaired) electrons. The van der Waals surface area contributed by atoms with Gasteiger partial charge in [-0.15, -0.1) is 0 Å². The molecule has 1 atom stereocenters. The zero-order valence-electron chi connectivity index (χ0n) is 19.6. The number of fused-ring (bicyclic) bond motifs is 2. The third kappa shape index (κ3) is 1.65. The van der Waals surface area contributed by atoms with Crippen molar-refractivity contribution in [3.63, 3.8) is 0 Å². The predicted molar refractivity (Wildman–Crippen MR) is 94.8 cm³/mol. The lowest BCUT2D eigenvalue weighted by atomic mass is 10.2. The number of aromatic nitrogens is 3. The van der Waals surface area contributed by atoms with Gasteiger partial charge in [0.05, 0.1) is 22.8 Å². The fourth-order valence-electron chi connectivity index (χ4n) is 3.57. The van der Waals surface area contributed by atoms with Gasteiger partial charge in [-0.05, 0) is 39.8 Å². The third-order valence-electron chi connectivity index (χ3n) is 4.74. The molecule has 0 amide bonds. The van der Waals surface area contributed by atoms with Gasteiger partial charge in [-0.2, -0.15) is 0 Å². The summed E-state index contributed by atoms with van der Waals surface area (Å²) in [5.74, 6) is 1.29. The molecule has 23 heavy (non-hydrogen) atoms. The lowest BCUT2D eigenvalue weighted by Crippen LogP contribution is -2.36. The fourth-order valence-corrected chi connectivity index (χ4v) is 3.57. The highest BCUT2D eigenvalue weighted by molar-refractivity contribution is 5.83. The lowest BCUT2D eigenvalue weighted by molar-refractivity contribution is 0.711. The first-order valence-electron chi connectivity index (χ1n) is 10.6. The van der Waals surface area contributed by atoms with Crippen LogP contribution in [-0.4, -0.2) is 27.1 Å². The second-order valence-corrected chi connectivity index (χ2v) is 6.01. The molecule has 1 aliphatic rings. The van der Waals surface area contributed by atoms with E-state index in [2.05, 4.69) is 4.98 Å². The fraction of sp³-hybridized carbons (Fsp3) is 0.389. The first-order chi connectivity index (χ1) is 13.4. The van der Waals surface area contributed by atoms with E-state index in [0.29, 0.717) is 17.2 Å². The van der Waals surface area contributed by atoms with Gasteiger partial charge in [0.25, 0.3) is 0 Å². The molecule has 4 rings (SSSR count). The van der Waals surface area contributed by atoms with E-state index >= 15 is 0 Å². The normalized spacial score (nSPS) is 22.3. The average molecular weight is 315 g/mol. The van der Waals surface area contributed by atoms with Crippen LogP contribution >= 0.6 is 0 Å². The second-order valence-electron chi connectivity index (χ2n) is 6.01. The van der Waals surface area contributed by atoms with Gasteiger partial charge in [0, 0.05) is 27.9 Å². The number of nitrogens with zero attached hydrogens (tertiary/aromatic N) is 5. The van der Waals surface area contributed by atoms with Gasteiger partial charge in [-0.1, -0.05) is 12.1 Å². The van der Waals surface area contributed by atoms with Crippen LogP contribution in [0.1, 0.15) is 32.2 Å². The van der Waals surface area contributed by atoms with E-state index in [1.807, 2.05) is 53.0 Å². The van der Waals surface area contributed by atoms with Crippen LogP contribution in [0.3, 0.4) is 0 Å². The van der Waals surface area contributed by atoms with Gasteiger partial charge in [0.2, 0.25) is 5.78 Å². The van der Waals surface area contributed by atoms with Crippen molar-refractivity contribution in [1.82, 2.24) is 14.0 Å². The van der Waals surface area contributed by atoms with Crippen molar-refractivity contribution in [3.8, 4) is 0 Å². The van der Waals surface area contributed by atoms with Crippen molar-refractivity contribution >= 4 is 23.0 Å². The Bertz CT molecular complexity index is 1110. The van der Waals surface area contributed by atoms with Gasteiger partial charge >= 0.3 is 0 Å². The van der Waals surface area contributed by atoms with E-state index in [1.54, 1.807) is 13.0 Å². The molecule has 0 saturated carbocycles. The van der Waals surface area contributed by atoms with Crippen molar-refractivity contribution in [3.05, 3.63) is 41.3 Å². The van der Waals surface area contributed by atoms with Crippen LogP contribution in [0.25, 0.3) is 5.78 Å². The molecule has 1 aromatic carbocycles. The molecule has 2 aromatic heterocycles. The Balaban J connectivity index is 1.96. The minimum atomic E-state index is -2.30. The predicted octanol–water partition coefficient (Wildman–Crippen LogP) is 3.53. The Morgan fingerprint density at radius 2 is 1.87 bits per heavy atom. The first-order valence-corrected chi connectivity index (χ1v) is 7.58. The Kier molecular flexibility index (Phi) is 1.78. The minimum absolute atomic E-state index is 0.0803. The summed E-state index contributed by atoms with van der Waals surface area (Å²) >= 11 is 0. The molecule has 3 heterocycles. The first kappa shape index (κ1) is 9.01. The topological polar surface area (TPSA) is 28.7 Å². The van der Waals surface area contributed by atoms with Crippen LogP contribution in [0.5, 0.6) is 0 Å². The van der Waals surface area contributed by atoms with Crippen molar-refractivity contribution in [1.29, 1.82) is 0 Å². The zero-order chi connectivity index (χ0) is 21.5. The van der Waals surface area contributed by atoms with Crippen molar-refractivity contribution in [2.24, 2.45) is 7.05 Å². The molecule has 0 bridgehead atoms. The standard InChI is InChI=1S/C18H23N5/c1-11-12(2)22-13(3)17(21(6)18(22)19-11)23-14(4)20(5)15-9-7-8-10-16(15)23/h7-10,14H,1-6H3/t14-/m0/s1/i1D3,5D3. The Morgan fingerprint density at radius 1 is 1.13 bits per heavy atom. The van der Waals surface area contributed by atoms with Gasteiger partial charge in [0.15, 0.2) is 0 Å². The second kappa shape index (κ2) is 4.54. The molecule has 120 valence electrons. The molecular formula is C18H23N5. The highest BCUT2D eigenvalue weighted by atomic mass is 15.4. The summed E-state index contributed by atoms with van der Waals surface area (Å²) in [6, 6.07) is 7.40. The van der Waals surface area contributed by atoms with Crippen LogP contribution in [0.15, 0.2) is 24.3 Å². The zero-order valence-corrected chi connectivity index (χ0v) is 13.6. The van der Waals surface area contributed by atoms with Gasteiger partial charge in [-0.25, -0.2) is 4.98 Å². The minimum Gasteiger partial charge on any atom is -0.352 e. The van der Waals surface area contributed by atoms with Gasteiger partial charge in [0.1, 0.15) is 12.0 Å². The van der Waals surface area contributed by atoms with Crippen LogP contribution < -0.4 is 9.80 Å². The molecular weight excluding hydrogens is 286 g/mol. The molecule has 0 spiro atoms. The monoisotopic (exact) mass is 315 g/mol. The molecule has 1 aliphatic heterocycles. The Morgan fingerprint density at radius 3 is 2.52 bits per heavy atom. The molecule has 5 heteroatoms. The number of imidazole rings is 2. The molecule has 0 N–H and O–H groups in total. The van der Waals surface area contributed by atoms with Crippen molar-refractivity contribution < 1.29 is 8.22 Å². The SMILES string of the molecule is [2H]C([2H])([2H])c1nc2n(C)c(N3c4ccccc4N(C([2H])([2H])[2H])[C@@H]3C)c(C)n2c1C. The quantitative estimate of drug-likeness (QED) is 0.688. The Labute approximate surface area is 145 Å². The number of hydrogen-bond acceptors (Lipinski definition) is 3. The summed E-state index contributed by atoms with van der Waals surface area (Å²) in [6.07, 6.45) is -0.459. The van der Waals surface area contributed by atoms with Crippen LogP contribution in [-0.2, 0) is 7.05 Å². The summed E-state index contributed by atoms with van der Waals surface area (Å²) in [5, 5.41) is 0. The lowest BCUT2D eigenvalue weighted by Gasteiger charge is -2.28. The molecule has 3 aromatic rings. The molecule has 0 unspecified atom stereocenters. The summed E-state index contributed by atoms with van der Waals surface area (Å²) < 4.78 is 50.9.